The molecule has 1 atom stereocenters. The summed E-state index contributed by atoms with van der Waals surface area (Å²) in [6.07, 6.45) is 2.01. The minimum atomic E-state index is -1.43. The first kappa shape index (κ1) is 26.6. The van der Waals surface area contributed by atoms with Gasteiger partial charge in [-0.15, -0.1) is 0 Å². The number of rotatable bonds is 11. The lowest BCUT2D eigenvalue weighted by atomic mass is 10.1. The molecule has 0 radical (unpaired) electrons. The number of carbonyl (C=O) groups is 1. The van der Waals surface area contributed by atoms with Crippen molar-refractivity contribution >= 4 is 52.5 Å². The van der Waals surface area contributed by atoms with Crippen LogP contribution in [-0.4, -0.2) is 55.3 Å². The second-order valence-electron chi connectivity index (χ2n) is 6.48. The Kier molecular flexibility index (Phi) is 10.4. The molecule has 1 aromatic rings. The van der Waals surface area contributed by atoms with Crippen molar-refractivity contribution in [3.05, 3.63) is 37.7 Å². The monoisotopic (exact) mass is 517 g/mol. The Morgan fingerprint density at radius 2 is 1.66 bits per heavy atom. The van der Waals surface area contributed by atoms with Crippen molar-refractivity contribution in [3.63, 3.8) is 0 Å². The van der Waals surface area contributed by atoms with Gasteiger partial charge in [0, 0.05) is 32.7 Å². The van der Waals surface area contributed by atoms with Crippen molar-refractivity contribution in [1.29, 1.82) is 10.5 Å². The number of nitriles is 2. The maximum atomic E-state index is 13.7. The molecule has 172 valence electrons. The molecule has 1 aromatic carbocycles. The van der Waals surface area contributed by atoms with Gasteiger partial charge in [-0.05, 0) is 19.3 Å². The van der Waals surface area contributed by atoms with E-state index >= 15 is 0 Å². The lowest BCUT2D eigenvalue weighted by molar-refractivity contribution is -0.142. The van der Waals surface area contributed by atoms with Crippen LogP contribution in [-0.2, 0) is 14.3 Å². The summed E-state index contributed by atoms with van der Waals surface area (Å²) in [6, 6.07) is 3.75. The van der Waals surface area contributed by atoms with E-state index in [2.05, 4.69) is 0 Å². The van der Waals surface area contributed by atoms with E-state index in [-0.39, 0.29) is 44.3 Å². The first-order chi connectivity index (χ1) is 15.4. The quantitative estimate of drug-likeness (QED) is 0.300. The predicted molar refractivity (Wildman–Crippen MR) is 125 cm³/mol. The molecule has 0 bridgehead atoms. The average molecular weight is 519 g/mol. The molecule has 32 heavy (non-hydrogen) atoms. The van der Waals surface area contributed by atoms with Gasteiger partial charge in [-0.25, -0.2) is 0 Å². The minimum Gasteiger partial charge on any atom is -0.463 e. The third-order valence-corrected chi connectivity index (χ3v) is 6.99. The number of ether oxygens (including phenoxy) is 3. The van der Waals surface area contributed by atoms with Gasteiger partial charge in [0.25, 0.3) is 5.91 Å². The summed E-state index contributed by atoms with van der Waals surface area (Å²) in [7, 11) is 0. The van der Waals surface area contributed by atoms with Crippen molar-refractivity contribution in [2.75, 3.05) is 39.5 Å². The highest BCUT2D eigenvalue weighted by Gasteiger charge is 2.46. The van der Waals surface area contributed by atoms with Crippen LogP contribution in [0.15, 0.2) is 11.5 Å². The summed E-state index contributed by atoms with van der Waals surface area (Å²) in [4.78, 5) is 13.8. The third kappa shape index (κ3) is 5.82. The molecule has 0 aromatic heterocycles. The SMILES string of the molecule is CCOCCN(CCOCC)C(=O)C1(Oc2c(Cl)c(Cl)c(Cl)c(C#N)c2C#N)CC=CS1. The second-order valence-corrected chi connectivity index (χ2v) is 8.78. The second kappa shape index (κ2) is 12.6. The van der Waals surface area contributed by atoms with Gasteiger partial charge in [-0.2, -0.15) is 10.5 Å². The summed E-state index contributed by atoms with van der Waals surface area (Å²) in [5, 5.41) is 20.5. The highest BCUT2D eigenvalue weighted by molar-refractivity contribution is 8.04. The summed E-state index contributed by atoms with van der Waals surface area (Å²) >= 11 is 19.8. The summed E-state index contributed by atoms with van der Waals surface area (Å²) in [5.41, 5.74) is -0.344. The van der Waals surface area contributed by atoms with E-state index in [0.29, 0.717) is 39.5 Å². The van der Waals surface area contributed by atoms with Crippen LogP contribution >= 0.6 is 46.6 Å². The molecule has 1 heterocycles. The van der Waals surface area contributed by atoms with E-state index in [4.69, 9.17) is 49.0 Å². The number of hydrogen-bond donors (Lipinski definition) is 0. The fourth-order valence-electron chi connectivity index (χ4n) is 2.96. The molecule has 2 rings (SSSR count). The van der Waals surface area contributed by atoms with Crippen molar-refractivity contribution in [1.82, 2.24) is 4.90 Å². The molecule has 1 amide bonds. The highest BCUT2D eigenvalue weighted by atomic mass is 35.5. The van der Waals surface area contributed by atoms with E-state index in [1.165, 1.54) is 0 Å². The number of nitrogens with zero attached hydrogens (tertiary/aromatic N) is 3. The molecule has 1 unspecified atom stereocenters. The predicted octanol–water partition coefficient (Wildman–Crippen LogP) is 5.02. The molecule has 0 fully saturated rings. The van der Waals surface area contributed by atoms with Gasteiger partial charge in [0.05, 0.1) is 28.8 Å². The van der Waals surface area contributed by atoms with Crippen molar-refractivity contribution in [2.24, 2.45) is 0 Å². The average Bonchev–Trinajstić information content (AvgIpc) is 3.27. The number of amides is 1. The van der Waals surface area contributed by atoms with E-state index in [9.17, 15) is 15.3 Å². The number of halogens is 3. The zero-order chi connectivity index (χ0) is 23.7. The first-order valence-corrected chi connectivity index (χ1v) is 11.9. The number of thioether (sulfide) groups is 1. The fourth-order valence-corrected chi connectivity index (χ4v) is 4.62. The standard InChI is InChI=1S/C21H22Cl3N3O4S/c1-3-29-9-7-27(8-10-30-4-2)20(28)21(6-5-11-32-21)31-19-15(13-26)14(12-25)16(22)17(23)18(19)24/h5,11H,3-4,6-10H2,1-2H3. The lowest BCUT2D eigenvalue weighted by Gasteiger charge is -2.34. The van der Waals surface area contributed by atoms with Crippen molar-refractivity contribution in [2.45, 2.75) is 25.2 Å². The molecule has 0 N–H and O–H groups in total. The van der Waals surface area contributed by atoms with Crippen LogP contribution in [0.2, 0.25) is 15.1 Å². The molecular formula is C21H22Cl3N3O4S. The number of hydrogen-bond acceptors (Lipinski definition) is 7. The van der Waals surface area contributed by atoms with Gasteiger partial charge in [-0.3, -0.25) is 4.79 Å². The van der Waals surface area contributed by atoms with Gasteiger partial charge in [0.15, 0.2) is 5.75 Å². The van der Waals surface area contributed by atoms with Crippen LogP contribution in [0.5, 0.6) is 5.75 Å². The van der Waals surface area contributed by atoms with E-state index < -0.39 is 4.93 Å². The van der Waals surface area contributed by atoms with E-state index in [0.717, 1.165) is 11.8 Å². The molecule has 0 spiro atoms. The van der Waals surface area contributed by atoms with Crippen molar-refractivity contribution < 1.29 is 19.0 Å². The van der Waals surface area contributed by atoms with Crippen LogP contribution in [0.25, 0.3) is 0 Å². The minimum absolute atomic E-state index is 0.123. The summed E-state index contributed by atoms with van der Waals surface area (Å²) < 4.78 is 17.0. The van der Waals surface area contributed by atoms with Gasteiger partial charge in [-0.1, -0.05) is 52.6 Å². The third-order valence-electron chi connectivity index (χ3n) is 4.55. The fraction of sp³-hybridized carbons (Fsp3) is 0.476. The molecule has 0 aliphatic carbocycles. The zero-order valence-electron chi connectivity index (χ0n) is 17.6. The zero-order valence-corrected chi connectivity index (χ0v) is 20.7. The van der Waals surface area contributed by atoms with Crippen LogP contribution in [0.1, 0.15) is 31.4 Å². The smallest absolute Gasteiger partial charge is 0.278 e. The lowest BCUT2D eigenvalue weighted by Crippen LogP contribution is -2.51. The van der Waals surface area contributed by atoms with Crippen LogP contribution < -0.4 is 4.74 Å². The largest absolute Gasteiger partial charge is 0.463 e. The Morgan fingerprint density at radius 3 is 2.12 bits per heavy atom. The first-order valence-electron chi connectivity index (χ1n) is 9.84. The van der Waals surface area contributed by atoms with Crippen molar-refractivity contribution in [3.8, 4) is 17.9 Å². The Hall–Kier alpha value is -1.65. The highest BCUT2D eigenvalue weighted by Crippen LogP contribution is 2.48. The van der Waals surface area contributed by atoms with E-state index in [1.54, 1.807) is 16.4 Å². The summed E-state index contributed by atoms with van der Waals surface area (Å²) in [5.74, 6) is -0.490. The van der Waals surface area contributed by atoms with Gasteiger partial charge in [0.2, 0.25) is 4.93 Å². The molecule has 1 aliphatic rings. The number of benzene rings is 1. The van der Waals surface area contributed by atoms with Gasteiger partial charge < -0.3 is 19.1 Å². The Morgan fingerprint density at radius 1 is 1.06 bits per heavy atom. The van der Waals surface area contributed by atoms with Crippen LogP contribution in [0, 0.1) is 22.7 Å². The molecule has 11 heteroatoms. The van der Waals surface area contributed by atoms with Crippen LogP contribution in [0.4, 0.5) is 0 Å². The van der Waals surface area contributed by atoms with E-state index in [1.807, 2.05) is 26.0 Å². The summed E-state index contributed by atoms with van der Waals surface area (Å²) in [6.45, 7) is 6.13. The Balaban J connectivity index is 2.46. The molecule has 1 aliphatic heterocycles. The molecule has 0 saturated carbocycles. The van der Waals surface area contributed by atoms with Gasteiger partial charge >= 0.3 is 0 Å². The number of carbonyl (C=O) groups excluding carboxylic acids is 1. The Labute approximate surface area is 206 Å². The maximum Gasteiger partial charge on any atom is 0.278 e. The van der Waals surface area contributed by atoms with Gasteiger partial charge in [0.1, 0.15) is 22.7 Å². The molecule has 7 nitrogen and oxygen atoms in total. The molecule has 0 saturated heterocycles. The normalized spacial score (nSPS) is 17.1. The van der Waals surface area contributed by atoms with Crippen LogP contribution in [0.3, 0.4) is 0 Å². The topological polar surface area (TPSA) is 95.6 Å². The maximum absolute atomic E-state index is 13.7. The Bertz CT molecular complexity index is 941. The molecular weight excluding hydrogens is 497 g/mol.